The van der Waals surface area contributed by atoms with Crippen LogP contribution in [0.25, 0.3) is 0 Å². The number of carbonyl (C=O) groups is 1. The van der Waals surface area contributed by atoms with Crippen LogP contribution in [-0.2, 0) is 14.8 Å². The molecular weight excluding hydrogens is 416 g/mol. The molecule has 1 aliphatic carbocycles. The predicted molar refractivity (Wildman–Crippen MR) is 122 cm³/mol. The molecule has 0 unspecified atom stereocenters. The molecule has 31 heavy (non-hydrogen) atoms. The molecular formula is C23H34N2O5S. The molecule has 0 spiro atoms. The molecule has 0 aliphatic heterocycles. The van der Waals surface area contributed by atoms with E-state index in [-0.39, 0.29) is 36.1 Å². The molecule has 0 saturated heterocycles. The van der Waals surface area contributed by atoms with Gasteiger partial charge >= 0.3 is 0 Å². The first kappa shape index (κ1) is 25.0. The SMILES string of the molecule is C#CCOc1ccc([C@H]2CCCC[C@@H]2NC(=O)[C@@H](NS(=O)(=O)CC)C(C)C)cc1OC. The minimum atomic E-state index is -3.49. The van der Waals surface area contributed by atoms with Crippen LogP contribution in [-0.4, -0.2) is 45.9 Å². The number of sulfonamides is 1. The average Bonchev–Trinajstić information content (AvgIpc) is 2.76. The lowest BCUT2D eigenvalue weighted by atomic mass is 9.79. The van der Waals surface area contributed by atoms with Gasteiger partial charge in [0.2, 0.25) is 15.9 Å². The highest BCUT2D eigenvalue weighted by molar-refractivity contribution is 7.89. The molecule has 0 radical (unpaired) electrons. The zero-order chi connectivity index (χ0) is 23.0. The lowest BCUT2D eigenvalue weighted by Crippen LogP contribution is -2.53. The van der Waals surface area contributed by atoms with Crippen molar-refractivity contribution in [3.63, 3.8) is 0 Å². The van der Waals surface area contributed by atoms with E-state index in [1.807, 2.05) is 32.0 Å². The van der Waals surface area contributed by atoms with Crippen molar-refractivity contribution in [3.8, 4) is 23.8 Å². The van der Waals surface area contributed by atoms with E-state index in [1.54, 1.807) is 14.0 Å². The fourth-order valence-corrected chi connectivity index (χ4v) is 4.83. The molecule has 3 atom stereocenters. The molecule has 1 aromatic carbocycles. The molecule has 0 heterocycles. The van der Waals surface area contributed by atoms with Crippen molar-refractivity contribution in [1.82, 2.24) is 10.0 Å². The molecule has 1 saturated carbocycles. The zero-order valence-corrected chi connectivity index (χ0v) is 19.6. The summed E-state index contributed by atoms with van der Waals surface area (Å²) in [6.45, 7) is 5.38. The number of rotatable bonds is 10. The minimum absolute atomic E-state index is 0.0660. The summed E-state index contributed by atoms with van der Waals surface area (Å²) >= 11 is 0. The number of carbonyl (C=O) groups excluding carboxylic acids is 1. The summed E-state index contributed by atoms with van der Waals surface area (Å²) in [5.74, 6) is 3.19. The topological polar surface area (TPSA) is 93.7 Å². The summed E-state index contributed by atoms with van der Waals surface area (Å²) in [5.41, 5.74) is 1.05. The number of methoxy groups -OCH3 is 1. The maximum absolute atomic E-state index is 13.0. The second kappa shape index (κ2) is 11.4. The van der Waals surface area contributed by atoms with Crippen molar-refractivity contribution in [2.45, 2.75) is 64.5 Å². The van der Waals surface area contributed by atoms with E-state index in [0.717, 1.165) is 31.2 Å². The van der Waals surface area contributed by atoms with Crippen LogP contribution >= 0.6 is 0 Å². The Kier molecular flexibility index (Phi) is 9.20. The van der Waals surface area contributed by atoms with E-state index in [4.69, 9.17) is 15.9 Å². The van der Waals surface area contributed by atoms with Gasteiger partial charge in [0.05, 0.1) is 12.9 Å². The second-order valence-corrected chi connectivity index (χ2v) is 10.2. The molecule has 0 bridgehead atoms. The zero-order valence-electron chi connectivity index (χ0n) is 18.8. The lowest BCUT2D eigenvalue weighted by molar-refractivity contribution is -0.124. The van der Waals surface area contributed by atoms with Crippen LogP contribution in [0, 0.1) is 18.3 Å². The van der Waals surface area contributed by atoms with Crippen LogP contribution in [0.15, 0.2) is 18.2 Å². The van der Waals surface area contributed by atoms with Crippen molar-refractivity contribution >= 4 is 15.9 Å². The molecule has 0 aromatic heterocycles. The summed E-state index contributed by atoms with van der Waals surface area (Å²) < 4.78 is 37.6. The third-order valence-corrected chi connectivity index (χ3v) is 7.03. The fraction of sp³-hybridized carbons (Fsp3) is 0.609. The van der Waals surface area contributed by atoms with Gasteiger partial charge in [-0.3, -0.25) is 4.79 Å². The largest absolute Gasteiger partial charge is 0.493 e. The average molecular weight is 451 g/mol. The van der Waals surface area contributed by atoms with Crippen molar-refractivity contribution in [1.29, 1.82) is 0 Å². The number of terminal acetylenes is 1. The van der Waals surface area contributed by atoms with Gasteiger partial charge in [-0.15, -0.1) is 6.42 Å². The highest BCUT2D eigenvalue weighted by atomic mass is 32.2. The third kappa shape index (κ3) is 6.88. The number of amides is 1. The van der Waals surface area contributed by atoms with Crippen LogP contribution in [0.5, 0.6) is 11.5 Å². The standard InChI is InChI=1S/C23H34N2O5S/c1-6-14-30-20-13-12-17(15-21(20)29-5)18-10-8-9-11-19(18)24-23(26)22(16(3)4)25-31(27,28)7-2/h1,12-13,15-16,18-19,22,25H,7-11,14H2,2-5H3,(H,24,26)/t18-,19+,22+/m1/s1. The monoisotopic (exact) mass is 450 g/mol. The number of hydrogen-bond donors (Lipinski definition) is 2. The van der Waals surface area contributed by atoms with E-state index in [0.29, 0.717) is 11.5 Å². The number of benzene rings is 1. The van der Waals surface area contributed by atoms with Gasteiger partial charge in [0.15, 0.2) is 11.5 Å². The molecule has 1 aliphatic rings. The smallest absolute Gasteiger partial charge is 0.238 e. The first-order valence-electron chi connectivity index (χ1n) is 10.8. The molecule has 1 aromatic rings. The molecule has 2 rings (SSSR count). The fourth-order valence-electron chi connectivity index (χ4n) is 3.90. The van der Waals surface area contributed by atoms with Crippen molar-refractivity contribution in [2.24, 2.45) is 5.92 Å². The van der Waals surface area contributed by atoms with E-state index < -0.39 is 16.1 Å². The lowest BCUT2D eigenvalue weighted by Gasteiger charge is -2.34. The Labute approximate surface area is 186 Å². The highest BCUT2D eigenvalue weighted by Gasteiger charge is 2.33. The van der Waals surface area contributed by atoms with E-state index in [2.05, 4.69) is 16.0 Å². The van der Waals surface area contributed by atoms with Crippen LogP contribution in [0.1, 0.15) is 57.9 Å². The number of ether oxygens (including phenoxy) is 2. The summed E-state index contributed by atoms with van der Waals surface area (Å²) in [5, 5.41) is 3.12. The summed E-state index contributed by atoms with van der Waals surface area (Å²) in [6, 6.07) is 4.85. The molecule has 2 N–H and O–H groups in total. The van der Waals surface area contributed by atoms with Crippen LogP contribution in [0.4, 0.5) is 0 Å². The van der Waals surface area contributed by atoms with Gasteiger partial charge in [-0.2, -0.15) is 0 Å². The Bertz CT molecular complexity index is 892. The Morgan fingerprint density at radius 3 is 2.58 bits per heavy atom. The predicted octanol–water partition coefficient (Wildman–Crippen LogP) is 2.81. The highest BCUT2D eigenvalue weighted by Crippen LogP contribution is 2.37. The Balaban J connectivity index is 2.22. The minimum Gasteiger partial charge on any atom is -0.493 e. The quantitative estimate of drug-likeness (QED) is 0.535. The van der Waals surface area contributed by atoms with E-state index in [9.17, 15) is 13.2 Å². The summed E-state index contributed by atoms with van der Waals surface area (Å²) in [7, 11) is -1.91. The first-order chi connectivity index (χ1) is 14.7. The van der Waals surface area contributed by atoms with Gasteiger partial charge in [0.25, 0.3) is 0 Å². The van der Waals surface area contributed by atoms with Gasteiger partial charge in [-0.1, -0.05) is 38.7 Å². The maximum Gasteiger partial charge on any atom is 0.238 e. The second-order valence-electron chi connectivity index (χ2n) is 8.15. The third-order valence-electron chi connectivity index (χ3n) is 5.66. The first-order valence-corrected chi connectivity index (χ1v) is 12.4. The number of nitrogens with one attached hydrogen (secondary N) is 2. The summed E-state index contributed by atoms with van der Waals surface area (Å²) in [6.07, 6.45) is 9.10. The van der Waals surface area contributed by atoms with Crippen LogP contribution < -0.4 is 19.5 Å². The van der Waals surface area contributed by atoms with Gasteiger partial charge < -0.3 is 14.8 Å². The van der Waals surface area contributed by atoms with E-state index >= 15 is 0 Å². The van der Waals surface area contributed by atoms with Gasteiger partial charge in [0.1, 0.15) is 12.6 Å². The Morgan fingerprint density at radius 2 is 1.97 bits per heavy atom. The van der Waals surface area contributed by atoms with Gasteiger partial charge in [-0.25, -0.2) is 13.1 Å². The van der Waals surface area contributed by atoms with Gasteiger partial charge in [-0.05, 0) is 43.4 Å². The molecule has 8 heteroatoms. The number of hydrogen-bond acceptors (Lipinski definition) is 5. The maximum atomic E-state index is 13.0. The molecule has 7 nitrogen and oxygen atoms in total. The van der Waals surface area contributed by atoms with Crippen molar-refractivity contribution in [3.05, 3.63) is 23.8 Å². The van der Waals surface area contributed by atoms with Gasteiger partial charge in [0, 0.05) is 12.0 Å². The van der Waals surface area contributed by atoms with Crippen LogP contribution in [0.3, 0.4) is 0 Å². The van der Waals surface area contributed by atoms with Crippen molar-refractivity contribution in [2.75, 3.05) is 19.5 Å². The van der Waals surface area contributed by atoms with E-state index in [1.165, 1.54) is 0 Å². The van der Waals surface area contributed by atoms with Crippen molar-refractivity contribution < 1.29 is 22.7 Å². The summed E-state index contributed by atoms with van der Waals surface area (Å²) in [4.78, 5) is 13.0. The molecule has 1 fully saturated rings. The normalized spacial score (nSPS) is 20.0. The Morgan fingerprint density at radius 1 is 1.26 bits per heavy atom. The van der Waals surface area contributed by atoms with Crippen LogP contribution in [0.2, 0.25) is 0 Å². The molecule has 1 amide bonds. The Hall–Kier alpha value is -2.24. The molecule has 172 valence electrons.